The van der Waals surface area contributed by atoms with Gasteiger partial charge in [-0.3, -0.25) is 4.79 Å². The lowest BCUT2D eigenvalue weighted by Gasteiger charge is -2.33. The van der Waals surface area contributed by atoms with Crippen molar-refractivity contribution < 1.29 is 9.53 Å². The number of nitrogens with zero attached hydrogens (tertiary/aromatic N) is 1. The Labute approximate surface area is 92.0 Å². The summed E-state index contributed by atoms with van der Waals surface area (Å²) in [4.78, 5) is 13.5. The van der Waals surface area contributed by atoms with Crippen molar-refractivity contribution >= 4 is 5.91 Å². The fraction of sp³-hybridized carbons (Fsp3) is 0.909. The van der Waals surface area contributed by atoms with Gasteiger partial charge >= 0.3 is 0 Å². The number of likely N-dealkylation sites (tertiary alicyclic amines) is 1. The molecule has 1 unspecified atom stereocenters. The van der Waals surface area contributed by atoms with E-state index in [-0.39, 0.29) is 12.5 Å². The minimum Gasteiger partial charge on any atom is -0.375 e. The fourth-order valence-corrected chi connectivity index (χ4v) is 1.93. The average Bonchev–Trinajstić information content (AvgIpc) is 2.27. The molecule has 0 bridgehead atoms. The molecule has 15 heavy (non-hydrogen) atoms. The van der Waals surface area contributed by atoms with E-state index in [0.29, 0.717) is 6.04 Å². The van der Waals surface area contributed by atoms with Gasteiger partial charge in [-0.2, -0.15) is 0 Å². The standard InChI is InChI=1S/C11H22N2O2/c1-3-6-12-10-5-4-7-13(8-10)11(14)9-15-2/h10,12H,3-9H2,1-2H3. The summed E-state index contributed by atoms with van der Waals surface area (Å²) in [5.74, 6) is 0.112. The van der Waals surface area contributed by atoms with Gasteiger partial charge in [-0.15, -0.1) is 0 Å². The predicted molar refractivity (Wildman–Crippen MR) is 59.8 cm³/mol. The minimum atomic E-state index is 0.112. The van der Waals surface area contributed by atoms with Crippen molar-refractivity contribution in [2.45, 2.75) is 32.2 Å². The van der Waals surface area contributed by atoms with Gasteiger partial charge in [-0.25, -0.2) is 0 Å². The van der Waals surface area contributed by atoms with E-state index in [1.807, 2.05) is 4.90 Å². The van der Waals surface area contributed by atoms with Crippen molar-refractivity contribution in [3.63, 3.8) is 0 Å². The molecule has 0 radical (unpaired) electrons. The highest BCUT2D eigenvalue weighted by atomic mass is 16.5. The smallest absolute Gasteiger partial charge is 0.248 e. The van der Waals surface area contributed by atoms with E-state index in [2.05, 4.69) is 12.2 Å². The Morgan fingerprint density at radius 1 is 1.60 bits per heavy atom. The zero-order chi connectivity index (χ0) is 11.1. The summed E-state index contributed by atoms with van der Waals surface area (Å²) in [5.41, 5.74) is 0. The maximum absolute atomic E-state index is 11.6. The molecule has 4 nitrogen and oxygen atoms in total. The minimum absolute atomic E-state index is 0.112. The summed E-state index contributed by atoms with van der Waals surface area (Å²) in [6, 6.07) is 0.472. The monoisotopic (exact) mass is 214 g/mol. The zero-order valence-electron chi connectivity index (χ0n) is 9.79. The molecule has 1 rings (SSSR count). The van der Waals surface area contributed by atoms with Gasteiger partial charge in [0.05, 0.1) is 0 Å². The molecule has 1 atom stereocenters. The van der Waals surface area contributed by atoms with Crippen molar-refractivity contribution in [1.82, 2.24) is 10.2 Å². The first-order chi connectivity index (χ1) is 7.27. The Morgan fingerprint density at radius 3 is 3.07 bits per heavy atom. The van der Waals surface area contributed by atoms with Crippen LogP contribution >= 0.6 is 0 Å². The highest BCUT2D eigenvalue weighted by molar-refractivity contribution is 5.77. The first-order valence-corrected chi connectivity index (χ1v) is 5.78. The highest BCUT2D eigenvalue weighted by Gasteiger charge is 2.22. The summed E-state index contributed by atoms with van der Waals surface area (Å²) in [6.07, 6.45) is 3.41. The number of rotatable bonds is 5. The quantitative estimate of drug-likeness (QED) is 0.729. The topological polar surface area (TPSA) is 41.6 Å². The van der Waals surface area contributed by atoms with E-state index >= 15 is 0 Å². The van der Waals surface area contributed by atoms with Gasteiger partial charge in [-0.05, 0) is 25.8 Å². The summed E-state index contributed by atoms with van der Waals surface area (Å²) >= 11 is 0. The summed E-state index contributed by atoms with van der Waals surface area (Å²) < 4.78 is 4.86. The van der Waals surface area contributed by atoms with Gasteiger partial charge in [0.1, 0.15) is 6.61 Å². The number of carbonyl (C=O) groups excluding carboxylic acids is 1. The molecule has 88 valence electrons. The molecule has 4 heteroatoms. The molecule has 1 aliphatic rings. The average molecular weight is 214 g/mol. The number of amides is 1. The van der Waals surface area contributed by atoms with Crippen LogP contribution in [0.5, 0.6) is 0 Å². The molecule has 0 spiro atoms. The molecule has 0 aromatic rings. The molecule has 1 N–H and O–H groups in total. The van der Waals surface area contributed by atoms with Crippen LogP contribution < -0.4 is 5.32 Å². The van der Waals surface area contributed by atoms with Crippen LogP contribution in [0.15, 0.2) is 0 Å². The Morgan fingerprint density at radius 2 is 2.40 bits per heavy atom. The largest absolute Gasteiger partial charge is 0.375 e. The van der Waals surface area contributed by atoms with E-state index in [0.717, 1.165) is 32.5 Å². The maximum atomic E-state index is 11.6. The second-order valence-electron chi connectivity index (χ2n) is 4.07. The van der Waals surface area contributed by atoms with Crippen LogP contribution in [0.25, 0.3) is 0 Å². The van der Waals surface area contributed by atoms with Crippen molar-refractivity contribution in [1.29, 1.82) is 0 Å². The lowest BCUT2D eigenvalue weighted by molar-refractivity contribution is -0.136. The number of ether oxygens (including phenoxy) is 1. The second-order valence-corrected chi connectivity index (χ2v) is 4.07. The Balaban J connectivity index is 2.31. The van der Waals surface area contributed by atoms with Crippen molar-refractivity contribution in [2.75, 3.05) is 33.4 Å². The molecular weight excluding hydrogens is 192 g/mol. The van der Waals surface area contributed by atoms with Crippen LogP contribution in [0.2, 0.25) is 0 Å². The first-order valence-electron chi connectivity index (χ1n) is 5.78. The van der Waals surface area contributed by atoms with Crippen LogP contribution in [0.1, 0.15) is 26.2 Å². The number of hydrogen-bond acceptors (Lipinski definition) is 3. The van der Waals surface area contributed by atoms with Gasteiger partial charge in [0.15, 0.2) is 0 Å². The van der Waals surface area contributed by atoms with E-state index in [4.69, 9.17) is 4.74 Å². The summed E-state index contributed by atoms with van der Waals surface area (Å²) in [7, 11) is 1.56. The van der Waals surface area contributed by atoms with Gasteiger partial charge in [0.2, 0.25) is 5.91 Å². The molecule has 0 aromatic heterocycles. The van der Waals surface area contributed by atoms with Gasteiger partial charge < -0.3 is 15.0 Å². The van der Waals surface area contributed by atoms with Gasteiger partial charge in [-0.1, -0.05) is 6.92 Å². The maximum Gasteiger partial charge on any atom is 0.248 e. The lowest BCUT2D eigenvalue weighted by Crippen LogP contribution is -2.49. The summed E-state index contributed by atoms with van der Waals surface area (Å²) in [6.45, 7) is 5.12. The van der Waals surface area contributed by atoms with Crippen molar-refractivity contribution in [3.05, 3.63) is 0 Å². The number of nitrogens with one attached hydrogen (secondary N) is 1. The third-order valence-corrected chi connectivity index (χ3v) is 2.72. The van der Waals surface area contributed by atoms with Crippen LogP contribution in [-0.2, 0) is 9.53 Å². The van der Waals surface area contributed by atoms with Crippen LogP contribution in [0, 0.1) is 0 Å². The van der Waals surface area contributed by atoms with E-state index in [1.54, 1.807) is 7.11 Å². The SMILES string of the molecule is CCCNC1CCCN(C(=O)COC)C1. The Kier molecular flexibility index (Phi) is 5.65. The van der Waals surface area contributed by atoms with E-state index < -0.39 is 0 Å². The molecular formula is C11H22N2O2. The summed E-state index contributed by atoms with van der Waals surface area (Å²) in [5, 5.41) is 3.46. The molecule has 1 amide bonds. The van der Waals surface area contributed by atoms with E-state index in [9.17, 15) is 4.79 Å². The molecule has 1 aliphatic heterocycles. The third-order valence-electron chi connectivity index (χ3n) is 2.72. The van der Waals surface area contributed by atoms with E-state index in [1.165, 1.54) is 6.42 Å². The van der Waals surface area contributed by atoms with Crippen LogP contribution in [-0.4, -0.2) is 50.2 Å². The van der Waals surface area contributed by atoms with Gasteiger partial charge in [0, 0.05) is 26.2 Å². The van der Waals surface area contributed by atoms with Crippen LogP contribution in [0.3, 0.4) is 0 Å². The Bertz CT molecular complexity index is 197. The van der Waals surface area contributed by atoms with Crippen molar-refractivity contribution in [2.24, 2.45) is 0 Å². The normalized spacial score (nSPS) is 21.7. The number of piperidine rings is 1. The van der Waals surface area contributed by atoms with Crippen molar-refractivity contribution in [3.8, 4) is 0 Å². The number of hydrogen-bond donors (Lipinski definition) is 1. The molecule has 0 aromatic carbocycles. The third kappa shape index (κ3) is 4.18. The van der Waals surface area contributed by atoms with Crippen LogP contribution in [0.4, 0.5) is 0 Å². The molecule has 1 saturated heterocycles. The molecule has 1 fully saturated rings. The molecule has 1 heterocycles. The predicted octanol–water partition coefficient (Wildman–Crippen LogP) is 0.623. The number of carbonyl (C=O) groups is 1. The second kappa shape index (κ2) is 6.80. The van der Waals surface area contributed by atoms with Gasteiger partial charge in [0.25, 0.3) is 0 Å². The zero-order valence-corrected chi connectivity index (χ0v) is 9.79. The lowest BCUT2D eigenvalue weighted by atomic mass is 10.1. The molecule has 0 aliphatic carbocycles. The Hall–Kier alpha value is -0.610. The fourth-order valence-electron chi connectivity index (χ4n) is 1.93. The first kappa shape index (κ1) is 12.5. The number of methoxy groups -OCH3 is 1. The highest BCUT2D eigenvalue weighted by Crippen LogP contribution is 2.10. The molecule has 0 saturated carbocycles.